The van der Waals surface area contributed by atoms with Gasteiger partial charge in [-0.15, -0.1) is 0 Å². The zero-order valence-electron chi connectivity index (χ0n) is 9.69. The molecule has 0 radical (unpaired) electrons. The summed E-state index contributed by atoms with van der Waals surface area (Å²) in [6.07, 6.45) is -0.150. The van der Waals surface area contributed by atoms with E-state index < -0.39 is 12.1 Å². The van der Waals surface area contributed by atoms with Crippen LogP contribution < -0.4 is 0 Å². The minimum Gasteiger partial charge on any atom is -0.171 e. The average molecular weight is 232 g/mol. The van der Waals surface area contributed by atoms with Gasteiger partial charge < -0.3 is 0 Å². The highest BCUT2D eigenvalue weighted by Gasteiger charge is 2.49. The summed E-state index contributed by atoms with van der Waals surface area (Å²) in [5.41, 5.74) is 1.24. The topological polar surface area (TPSA) is 0 Å². The molecule has 2 aliphatic rings. The summed E-state index contributed by atoms with van der Waals surface area (Å²) in [5, 5.41) is 0. The highest BCUT2D eigenvalue weighted by molar-refractivity contribution is 5.04. The summed E-state index contributed by atoms with van der Waals surface area (Å²) in [4.78, 5) is 0. The molecule has 0 bridgehead atoms. The molecule has 0 amide bonds. The first kappa shape index (κ1) is 12.0. The van der Waals surface area contributed by atoms with Gasteiger partial charge in [0.2, 0.25) is 0 Å². The van der Waals surface area contributed by atoms with Gasteiger partial charge in [-0.3, -0.25) is 0 Å². The Hall–Kier alpha value is -0.470. The fraction of sp³-hybridized carbons (Fsp3) is 0.846. The molecule has 92 valence electrons. The van der Waals surface area contributed by atoms with Crippen LogP contribution in [0, 0.1) is 23.7 Å². The van der Waals surface area contributed by atoms with E-state index in [-0.39, 0.29) is 11.8 Å². The van der Waals surface area contributed by atoms with Gasteiger partial charge in [-0.2, -0.15) is 13.2 Å². The third-order valence-corrected chi connectivity index (χ3v) is 4.57. The molecule has 0 aromatic carbocycles. The lowest BCUT2D eigenvalue weighted by Gasteiger charge is -2.45. The Bertz CT molecular complexity index is 279. The molecule has 0 aliphatic heterocycles. The van der Waals surface area contributed by atoms with Gasteiger partial charge in [0.05, 0.1) is 5.92 Å². The van der Waals surface area contributed by atoms with Crippen LogP contribution in [0.25, 0.3) is 0 Å². The van der Waals surface area contributed by atoms with Gasteiger partial charge in [0.15, 0.2) is 0 Å². The molecule has 2 aliphatic carbocycles. The monoisotopic (exact) mass is 232 g/mol. The molecule has 0 saturated heterocycles. The molecule has 4 unspecified atom stereocenters. The fourth-order valence-electron chi connectivity index (χ4n) is 3.66. The van der Waals surface area contributed by atoms with Crippen LogP contribution in [-0.2, 0) is 0 Å². The minimum atomic E-state index is -4.00. The largest absolute Gasteiger partial charge is 0.392 e. The Balaban J connectivity index is 2.10. The quantitative estimate of drug-likeness (QED) is 0.537. The van der Waals surface area contributed by atoms with Crippen LogP contribution in [0.1, 0.15) is 39.0 Å². The van der Waals surface area contributed by atoms with E-state index in [0.717, 1.165) is 25.7 Å². The Labute approximate surface area is 94.9 Å². The van der Waals surface area contributed by atoms with Crippen molar-refractivity contribution in [3.05, 3.63) is 12.2 Å². The van der Waals surface area contributed by atoms with E-state index in [2.05, 4.69) is 6.58 Å². The first-order chi connectivity index (χ1) is 7.39. The van der Waals surface area contributed by atoms with Crippen molar-refractivity contribution in [2.75, 3.05) is 0 Å². The van der Waals surface area contributed by atoms with Gasteiger partial charge in [-0.25, -0.2) is 0 Å². The van der Waals surface area contributed by atoms with Crippen molar-refractivity contribution in [3.8, 4) is 0 Å². The zero-order valence-corrected chi connectivity index (χ0v) is 9.69. The normalized spacial score (nSPS) is 40.6. The first-order valence-electron chi connectivity index (χ1n) is 6.13. The Morgan fingerprint density at radius 1 is 1.19 bits per heavy atom. The van der Waals surface area contributed by atoms with E-state index in [4.69, 9.17) is 0 Å². The summed E-state index contributed by atoms with van der Waals surface area (Å²) in [7, 11) is 0. The number of allylic oxidation sites excluding steroid dienone is 1. The minimum absolute atomic E-state index is 0.202. The van der Waals surface area contributed by atoms with E-state index >= 15 is 0 Å². The van der Waals surface area contributed by atoms with Crippen molar-refractivity contribution in [1.82, 2.24) is 0 Å². The molecular formula is C13H19F3. The predicted octanol–water partition coefficient (Wildman–Crippen LogP) is 4.57. The summed E-state index contributed by atoms with van der Waals surface area (Å²) < 4.78 is 38.4. The Morgan fingerprint density at radius 3 is 2.50 bits per heavy atom. The second-order valence-electron chi connectivity index (χ2n) is 5.50. The summed E-state index contributed by atoms with van der Waals surface area (Å²) >= 11 is 0. The lowest BCUT2D eigenvalue weighted by Crippen LogP contribution is -2.41. The average Bonchev–Trinajstić information content (AvgIpc) is 2.15. The fourth-order valence-corrected chi connectivity index (χ4v) is 3.66. The van der Waals surface area contributed by atoms with Crippen LogP contribution in [-0.4, -0.2) is 6.18 Å². The van der Waals surface area contributed by atoms with Crippen LogP contribution in [0.5, 0.6) is 0 Å². The third-order valence-electron chi connectivity index (χ3n) is 4.57. The van der Waals surface area contributed by atoms with E-state index in [1.54, 1.807) is 6.92 Å². The zero-order chi connectivity index (χ0) is 11.9. The second-order valence-corrected chi connectivity index (χ2v) is 5.50. The van der Waals surface area contributed by atoms with Gasteiger partial charge >= 0.3 is 6.18 Å². The molecule has 2 rings (SSSR count). The molecule has 0 spiro atoms. The number of hydrogen-bond acceptors (Lipinski definition) is 0. The van der Waals surface area contributed by atoms with Gasteiger partial charge in [-0.1, -0.05) is 19.1 Å². The highest BCUT2D eigenvalue weighted by atomic mass is 19.4. The third kappa shape index (κ3) is 2.14. The van der Waals surface area contributed by atoms with Gasteiger partial charge in [0, 0.05) is 0 Å². The summed E-state index contributed by atoms with van der Waals surface area (Å²) in [6.45, 7) is 5.77. The molecular weight excluding hydrogens is 213 g/mol. The van der Waals surface area contributed by atoms with Crippen molar-refractivity contribution >= 4 is 0 Å². The first-order valence-corrected chi connectivity index (χ1v) is 6.13. The SMILES string of the molecule is C=C1CCC2C(CCC(C(F)(F)F)C2C)C1. The molecule has 16 heavy (non-hydrogen) atoms. The molecule has 3 heteroatoms. The number of alkyl halides is 3. The highest BCUT2D eigenvalue weighted by Crippen LogP contribution is 2.51. The van der Waals surface area contributed by atoms with E-state index in [1.165, 1.54) is 5.57 Å². The second kappa shape index (κ2) is 4.08. The van der Waals surface area contributed by atoms with Crippen LogP contribution in [0.3, 0.4) is 0 Å². The van der Waals surface area contributed by atoms with Crippen molar-refractivity contribution in [2.45, 2.75) is 45.2 Å². The predicted molar refractivity (Wildman–Crippen MR) is 57.9 cm³/mol. The van der Waals surface area contributed by atoms with Gasteiger partial charge in [0.25, 0.3) is 0 Å². The Morgan fingerprint density at radius 2 is 1.88 bits per heavy atom. The Kier molecular flexibility index (Phi) is 3.06. The molecule has 0 aromatic rings. The maximum Gasteiger partial charge on any atom is 0.392 e. The van der Waals surface area contributed by atoms with Crippen molar-refractivity contribution in [3.63, 3.8) is 0 Å². The molecule has 0 heterocycles. The molecule has 0 nitrogen and oxygen atoms in total. The van der Waals surface area contributed by atoms with Crippen molar-refractivity contribution in [2.24, 2.45) is 23.7 Å². The van der Waals surface area contributed by atoms with Crippen LogP contribution in [0.15, 0.2) is 12.2 Å². The van der Waals surface area contributed by atoms with Crippen LogP contribution >= 0.6 is 0 Å². The maximum atomic E-state index is 12.8. The molecule has 2 fully saturated rings. The molecule has 0 aromatic heterocycles. The standard InChI is InChI=1S/C13H19F3/c1-8-3-5-11-9(2)12(13(14,15)16)6-4-10(11)7-8/h9-12H,1,3-7H2,2H3. The lowest BCUT2D eigenvalue weighted by atomic mass is 9.61. The number of halogens is 3. The summed E-state index contributed by atoms with van der Waals surface area (Å²) in [5.74, 6) is -0.535. The van der Waals surface area contributed by atoms with Crippen LogP contribution in [0.2, 0.25) is 0 Å². The number of fused-ring (bicyclic) bond motifs is 1. The maximum absolute atomic E-state index is 12.8. The number of rotatable bonds is 0. The van der Waals surface area contributed by atoms with Crippen molar-refractivity contribution in [1.29, 1.82) is 0 Å². The van der Waals surface area contributed by atoms with E-state index in [1.807, 2.05) is 0 Å². The summed E-state index contributed by atoms with van der Waals surface area (Å²) in [6, 6.07) is 0. The van der Waals surface area contributed by atoms with E-state index in [9.17, 15) is 13.2 Å². The molecule has 2 saturated carbocycles. The lowest BCUT2D eigenvalue weighted by molar-refractivity contribution is -0.205. The molecule has 0 N–H and O–H groups in total. The molecule has 4 atom stereocenters. The van der Waals surface area contributed by atoms with E-state index in [0.29, 0.717) is 12.3 Å². The smallest absolute Gasteiger partial charge is 0.171 e. The van der Waals surface area contributed by atoms with Crippen LogP contribution in [0.4, 0.5) is 13.2 Å². The van der Waals surface area contributed by atoms with Crippen molar-refractivity contribution < 1.29 is 13.2 Å². The number of hydrogen-bond donors (Lipinski definition) is 0. The van der Waals surface area contributed by atoms with Gasteiger partial charge in [0.1, 0.15) is 0 Å². The van der Waals surface area contributed by atoms with Gasteiger partial charge in [-0.05, 0) is 49.9 Å².